The highest BCUT2D eigenvalue weighted by Gasteiger charge is 2.13. The summed E-state index contributed by atoms with van der Waals surface area (Å²) in [6, 6.07) is 19.7. The van der Waals surface area contributed by atoms with Crippen molar-refractivity contribution in [3.8, 4) is 5.75 Å². The van der Waals surface area contributed by atoms with Gasteiger partial charge in [0.05, 0.1) is 7.11 Å². The molecule has 112 valence electrons. The van der Waals surface area contributed by atoms with E-state index in [0.29, 0.717) is 12.1 Å². The third-order valence-corrected chi connectivity index (χ3v) is 3.90. The first kappa shape index (κ1) is 15.6. The zero-order chi connectivity index (χ0) is 15.1. The predicted molar refractivity (Wildman–Crippen MR) is 88.8 cm³/mol. The first-order chi connectivity index (χ1) is 10.2. The molecular weight excluding hydrogens is 258 g/mol. The number of rotatable bonds is 7. The van der Waals surface area contributed by atoms with Crippen molar-refractivity contribution in [3.05, 3.63) is 65.7 Å². The van der Waals surface area contributed by atoms with E-state index < -0.39 is 0 Å². The summed E-state index contributed by atoms with van der Waals surface area (Å²) < 4.78 is 5.30. The van der Waals surface area contributed by atoms with E-state index in [0.717, 1.165) is 18.6 Å². The number of ether oxygens (including phenoxy) is 1. The maximum atomic E-state index is 5.30. The molecular formula is C19H25NO. The molecule has 0 aromatic heterocycles. The third-order valence-electron chi connectivity index (χ3n) is 3.90. The molecule has 0 spiro atoms. The van der Waals surface area contributed by atoms with Crippen LogP contribution in [0.1, 0.15) is 37.4 Å². The van der Waals surface area contributed by atoms with Gasteiger partial charge in [0.25, 0.3) is 0 Å². The van der Waals surface area contributed by atoms with Crippen LogP contribution in [0.25, 0.3) is 0 Å². The topological polar surface area (TPSA) is 21.3 Å². The molecule has 1 N–H and O–H groups in total. The average molecular weight is 283 g/mol. The second kappa shape index (κ2) is 7.84. The van der Waals surface area contributed by atoms with Gasteiger partial charge < -0.3 is 10.1 Å². The number of benzene rings is 2. The Kier molecular flexibility index (Phi) is 5.82. The van der Waals surface area contributed by atoms with Gasteiger partial charge in [-0.25, -0.2) is 0 Å². The van der Waals surface area contributed by atoms with Gasteiger partial charge in [-0.3, -0.25) is 0 Å². The summed E-state index contributed by atoms with van der Waals surface area (Å²) in [4.78, 5) is 0. The molecule has 1 unspecified atom stereocenters. The van der Waals surface area contributed by atoms with Crippen molar-refractivity contribution in [2.24, 2.45) is 0 Å². The van der Waals surface area contributed by atoms with Crippen LogP contribution in [0.3, 0.4) is 0 Å². The van der Waals surface area contributed by atoms with Crippen LogP contribution < -0.4 is 10.1 Å². The van der Waals surface area contributed by atoms with E-state index >= 15 is 0 Å². The fourth-order valence-electron chi connectivity index (χ4n) is 2.58. The van der Waals surface area contributed by atoms with Crippen molar-refractivity contribution >= 4 is 0 Å². The lowest BCUT2D eigenvalue weighted by molar-refractivity contribution is 0.410. The summed E-state index contributed by atoms with van der Waals surface area (Å²) in [5.74, 6) is 0.914. The summed E-state index contributed by atoms with van der Waals surface area (Å²) >= 11 is 0. The summed E-state index contributed by atoms with van der Waals surface area (Å²) in [7, 11) is 1.71. The normalized spacial score (nSPS) is 13.7. The first-order valence-corrected chi connectivity index (χ1v) is 7.66. The fourth-order valence-corrected chi connectivity index (χ4v) is 2.58. The third kappa shape index (κ3) is 4.61. The van der Waals surface area contributed by atoms with E-state index in [1.54, 1.807) is 7.11 Å². The van der Waals surface area contributed by atoms with Crippen LogP contribution in [-0.2, 0) is 6.42 Å². The second-order valence-corrected chi connectivity index (χ2v) is 5.46. The molecule has 2 aromatic carbocycles. The van der Waals surface area contributed by atoms with Gasteiger partial charge >= 0.3 is 0 Å². The molecule has 0 aliphatic rings. The van der Waals surface area contributed by atoms with Gasteiger partial charge in [-0.2, -0.15) is 0 Å². The minimum Gasteiger partial charge on any atom is -0.497 e. The molecule has 0 heterocycles. The molecule has 2 heteroatoms. The zero-order valence-electron chi connectivity index (χ0n) is 13.2. The Bertz CT molecular complexity index is 538. The van der Waals surface area contributed by atoms with E-state index in [4.69, 9.17) is 4.74 Å². The standard InChI is InChI=1S/C19H25NO/c1-4-18(13-16-9-6-5-7-10-16)20-15(2)17-11-8-12-19(14-17)21-3/h5-12,14-15,18,20H,4,13H2,1-3H3/t15-,18?/m1/s1. The summed E-state index contributed by atoms with van der Waals surface area (Å²) in [5.41, 5.74) is 2.65. The van der Waals surface area contributed by atoms with Crippen LogP contribution in [0.5, 0.6) is 5.75 Å². The predicted octanol–water partition coefficient (Wildman–Crippen LogP) is 4.37. The molecule has 0 fully saturated rings. The molecule has 2 atom stereocenters. The highest BCUT2D eigenvalue weighted by atomic mass is 16.5. The van der Waals surface area contributed by atoms with Crippen LogP contribution >= 0.6 is 0 Å². The van der Waals surface area contributed by atoms with Gasteiger partial charge in [0.2, 0.25) is 0 Å². The molecule has 2 aromatic rings. The van der Waals surface area contributed by atoms with Gasteiger partial charge in [-0.15, -0.1) is 0 Å². The van der Waals surface area contributed by atoms with Crippen LogP contribution in [0.4, 0.5) is 0 Å². The fraction of sp³-hybridized carbons (Fsp3) is 0.368. The van der Waals surface area contributed by atoms with Crippen molar-refractivity contribution in [1.82, 2.24) is 5.32 Å². The number of nitrogens with one attached hydrogen (secondary N) is 1. The molecule has 2 nitrogen and oxygen atoms in total. The first-order valence-electron chi connectivity index (χ1n) is 7.66. The van der Waals surface area contributed by atoms with E-state index in [-0.39, 0.29) is 0 Å². The highest BCUT2D eigenvalue weighted by molar-refractivity contribution is 5.30. The number of hydrogen-bond acceptors (Lipinski definition) is 2. The van der Waals surface area contributed by atoms with E-state index in [1.165, 1.54) is 11.1 Å². The minimum atomic E-state index is 0.314. The second-order valence-electron chi connectivity index (χ2n) is 5.46. The van der Waals surface area contributed by atoms with Crippen molar-refractivity contribution in [2.75, 3.05) is 7.11 Å². The van der Waals surface area contributed by atoms with Gasteiger partial charge in [0, 0.05) is 12.1 Å². The summed E-state index contributed by atoms with van der Waals surface area (Å²) in [6.07, 6.45) is 2.18. The molecule has 2 rings (SSSR count). The Hall–Kier alpha value is -1.80. The maximum Gasteiger partial charge on any atom is 0.119 e. The lowest BCUT2D eigenvalue weighted by Gasteiger charge is -2.23. The largest absolute Gasteiger partial charge is 0.497 e. The smallest absolute Gasteiger partial charge is 0.119 e. The van der Waals surface area contributed by atoms with Crippen molar-refractivity contribution in [3.63, 3.8) is 0 Å². The van der Waals surface area contributed by atoms with E-state index in [9.17, 15) is 0 Å². The molecule has 0 bridgehead atoms. The lowest BCUT2D eigenvalue weighted by atomic mass is 10.0. The van der Waals surface area contributed by atoms with E-state index in [2.05, 4.69) is 61.6 Å². The Morgan fingerprint density at radius 3 is 2.48 bits per heavy atom. The highest BCUT2D eigenvalue weighted by Crippen LogP contribution is 2.20. The Balaban J connectivity index is 2.00. The van der Waals surface area contributed by atoms with Gasteiger partial charge in [0.15, 0.2) is 0 Å². The van der Waals surface area contributed by atoms with E-state index in [1.807, 2.05) is 12.1 Å². The van der Waals surface area contributed by atoms with Crippen LogP contribution in [0.15, 0.2) is 54.6 Å². The maximum absolute atomic E-state index is 5.30. The molecule has 0 aliphatic carbocycles. The van der Waals surface area contributed by atoms with Crippen LogP contribution in [0.2, 0.25) is 0 Å². The van der Waals surface area contributed by atoms with Gasteiger partial charge in [-0.05, 0) is 43.0 Å². The lowest BCUT2D eigenvalue weighted by Crippen LogP contribution is -2.32. The molecule has 0 aliphatic heterocycles. The van der Waals surface area contributed by atoms with Crippen molar-refractivity contribution in [1.29, 1.82) is 0 Å². The molecule has 0 saturated heterocycles. The van der Waals surface area contributed by atoms with Gasteiger partial charge in [-0.1, -0.05) is 49.4 Å². The summed E-state index contributed by atoms with van der Waals surface area (Å²) in [5, 5.41) is 3.73. The molecule has 21 heavy (non-hydrogen) atoms. The zero-order valence-corrected chi connectivity index (χ0v) is 13.2. The molecule has 0 saturated carbocycles. The van der Waals surface area contributed by atoms with Crippen LogP contribution in [-0.4, -0.2) is 13.2 Å². The Morgan fingerprint density at radius 1 is 1.05 bits per heavy atom. The average Bonchev–Trinajstić information content (AvgIpc) is 2.55. The minimum absolute atomic E-state index is 0.314. The SMILES string of the molecule is CCC(Cc1ccccc1)N[C@H](C)c1cccc(OC)c1. The van der Waals surface area contributed by atoms with Crippen molar-refractivity contribution in [2.45, 2.75) is 38.8 Å². The molecule has 0 radical (unpaired) electrons. The molecule has 0 amide bonds. The van der Waals surface area contributed by atoms with Gasteiger partial charge in [0.1, 0.15) is 5.75 Å². The van der Waals surface area contributed by atoms with Crippen molar-refractivity contribution < 1.29 is 4.74 Å². The quantitative estimate of drug-likeness (QED) is 0.815. The number of methoxy groups -OCH3 is 1. The summed E-state index contributed by atoms with van der Waals surface area (Å²) in [6.45, 7) is 4.45. The van der Waals surface area contributed by atoms with Crippen LogP contribution in [0, 0.1) is 0 Å². The number of hydrogen-bond donors (Lipinski definition) is 1. The monoisotopic (exact) mass is 283 g/mol. The Labute approximate surface area is 128 Å². The Morgan fingerprint density at radius 2 is 1.81 bits per heavy atom.